The van der Waals surface area contributed by atoms with Crippen LogP contribution in [-0.4, -0.2) is 32.8 Å². The Morgan fingerprint density at radius 2 is 2.11 bits per heavy atom. The molecule has 0 spiro atoms. The third-order valence-electron chi connectivity index (χ3n) is 2.46. The fraction of sp³-hybridized carbons (Fsp3) is 0.154. The molecule has 2 rings (SSSR count). The smallest absolute Gasteiger partial charge is 0.291 e. The van der Waals surface area contributed by atoms with Crippen molar-refractivity contribution >= 4 is 5.91 Å². The zero-order valence-corrected chi connectivity index (χ0v) is 10.3. The number of rotatable bonds is 3. The van der Waals surface area contributed by atoms with Gasteiger partial charge in [0.25, 0.3) is 5.91 Å². The molecule has 1 amide bonds. The Bertz CT molecular complexity index is 603. The highest BCUT2D eigenvalue weighted by molar-refractivity contribution is 5.90. The normalized spacial score (nSPS) is 9.68. The minimum absolute atomic E-state index is 0.0744. The molecule has 0 saturated carbocycles. The summed E-state index contributed by atoms with van der Waals surface area (Å²) in [7, 11) is 1.66. The molecule has 0 aliphatic carbocycles. The fourth-order valence-electron chi connectivity index (χ4n) is 1.50. The maximum Gasteiger partial charge on any atom is 0.291 e. The van der Waals surface area contributed by atoms with E-state index >= 15 is 0 Å². The standard InChI is InChI=1S/C13H11N5O/c1-18(9-10-3-2-4-15-6-10)13(19)12-16-7-11(5-14)8-17-12/h2-4,6-8H,9H2,1H3. The second-order valence-corrected chi connectivity index (χ2v) is 3.93. The van der Waals surface area contributed by atoms with Gasteiger partial charge in [-0.25, -0.2) is 9.97 Å². The average Bonchev–Trinajstić information content (AvgIpc) is 2.47. The number of carbonyl (C=O) groups is 1. The van der Waals surface area contributed by atoms with Gasteiger partial charge in [-0.1, -0.05) is 6.07 Å². The van der Waals surface area contributed by atoms with E-state index in [0.717, 1.165) is 5.56 Å². The molecule has 0 unspecified atom stereocenters. The first-order chi connectivity index (χ1) is 9.20. The Labute approximate surface area is 110 Å². The summed E-state index contributed by atoms with van der Waals surface area (Å²) in [6.45, 7) is 0.427. The van der Waals surface area contributed by atoms with Crippen LogP contribution in [0.2, 0.25) is 0 Å². The van der Waals surface area contributed by atoms with E-state index in [1.54, 1.807) is 19.4 Å². The van der Waals surface area contributed by atoms with E-state index in [9.17, 15) is 4.79 Å². The highest BCUT2D eigenvalue weighted by atomic mass is 16.2. The van der Waals surface area contributed by atoms with Crippen LogP contribution in [0.15, 0.2) is 36.9 Å². The maximum absolute atomic E-state index is 12.0. The van der Waals surface area contributed by atoms with Crippen LogP contribution < -0.4 is 0 Å². The maximum atomic E-state index is 12.0. The summed E-state index contributed by atoms with van der Waals surface area (Å²) in [5, 5.41) is 8.64. The number of hydrogen-bond acceptors (Lipinski definition) is 5. The van der Waals surface area contributed by atoms with Crippen LogP contribution in [0.3, 0.4) is 0 Å². The Morgan fingerprint density at radius 1 is 1.37 bits per heavy atom. The number of pyridine rings is 1. The van der Waals surface area contributed by atoms with Crippen molar-refractivity contribution in [1.82, 2.24) is 19.9 Å². The fourth-order valence-corrected chi connectivity index (χ4v) is 1.50. The zero-order valence-electron chi connectivity index (χ0n) is 10.3. The quantitative estimate of drug-likeness (QED) is 0.815. The second-order valence-electron chi connectivity index (χ2n) is 3.93. The lowest BCUT2D eigenvalue weighted by Gasteiger charge is -2.15. The number of nitriles is 1. The summed E-state index contributed by atoms with van der Waals surface area (Å²) in [4.78, 5) is 25.3. The van der Waals surface area contributed by atoms with Gasteiger partial charge in [0.05, 0.1) is 5.56 Å². The zero-order chi connectivity index (χ0) is 13.7. The molecule has 19 heavy (non-hydrogen) atoms. The van der Waals surface area contributed by atoms with Crippen molar-refractivity contribution in [1.29, 1.82) is 5.26 Å². The molecule has 2 aromatic rings. The summed E-state index contributed by atoms with van der Waals surface area (Å²) in [5.41, 5.74) is 1.25. The molecule has 0 aliphatic rings. The minimum atomic E-state index is -0.298. The van der Waals surface area contributed by atoms with Crippen molar-refractivity contribution in [3.05, 3.63) is 53.9 Å². The molecule has 0 fully saturated rings. The van der Waals surface area contributed by atoms with Gasteiger partial charge in [-0.3, -0.25) is 9.78 Å². The summed E-state index contributed by atoms with van der Waals surface area (Å²) < 4.78 is 0. The van der Waals surface area contributed by atoms with Gasteiger partial charge in [-0.15, -0.1) is 0 Å². The van der Waals surface area contributed by atoms with E-state index in [4.69, 9.17) is 5.26 Å². The highest BCUT2D eigenvalue weighted by Gasteiger charge is 2.14. The van der Waals surface area contributed by atoms with E-state index in [2.05, 4.69) is 15.0 Å². The SMILES string of the molecule is CN(Cc1cccnc1)C(=O)c1ncc(C#N)cn1. The summed E-state index contributed by atoms with van der Waals surface area (Å²) in [6, 6.07) is 5.60. The Balaban J connectivity index is 2.08. The summed E-state index contributed by atoms with van der Waals surface area (Å²) >= 11 is 0. The van der Waals surface area contributed by atoms with Crippen LogP contribution >= 0.6 is 0 Å². The van der Waals surface area contributed by atoms with Gasteiger partial charge in [-0.2, -0.15) is 5.26 Å². The number of aromatic nitrogens is 3. The predicted octanol–water partition coefficient (Wildman–Crippen LogP) is 1.02. The topological polar surface area (TPSA) is 82.8 Å². The molecule has 0 radical (unpaired) electrons. The van der Waals surface area contributed by atoms with E-state index < -0.39 is 0 Å². The number of nitrogens with zero attached hydrogens (tertiary/aromatic N) is 5. The van der Waals surface area contributed by atoms with Crippen molar-refractivity contribution in [2.24, 2.45) is 0 Å². The minimum Gasteiger partial charge on any atom is -0.335 e. The third kappa shape index (κ3) is 3.10. The van der Waals surface area contributed by atoms with E-state index in [1.807, 2.05) is 18.2 Å². The molecule has 2 heterocycles. The van der Waals surface area contributed by atoms with Gasteiger partial charge in [-0.05, 0) is 11.6 Å². The molecule has 0 aromatic carbocycles. The van der Waals surface area contributed by atoms with Gasteiger partial charge in [0.2, 0.25) is 5.82 Å². The molecule has 94 valence electrons. The molecule has 0 bridgehead atoms. The van der Waals surface area contributed by atoms with Gasteiger partial charge in [0.1, 0.15) is 6.07 Å². The molecule has 0 aliphatic heterocycles. The lowest BCUT2D eigenvalue weighted by molar-refractivity contribution is 0.0772. The third-order valence-corrected chi connectivity index (χ3v) is 2.46. The van der Waals surface area contributed by atoms with Crippen LogP contribution in [0.5, 0.6) is 0 Å². The van der Waals surface area contributed by atoms with Crippen molar-refractivity contribution in [3.8, 4) is 6.07 Å². The van der Waals surface area contributed by atoms with Crippen LogP contribution in [-0.2, 0) is 6.54 Å². The second kappa shape index (κ2) is 5.69. The van der Waals surface area contributed by atoms with Gasteiger partial charge in [0.15, 0.2) is 0 Å². The van der Waals surface area contributed by atoms with E-state index in [0.29, 0.717) is 12.1 Å². The summed E-state index contributed by atoms with van der Waals surface area (Å²) in [5.74, 6) is -0.223. The molecule has 0 atom stereocenters. The Kier molecular flexibility index (Phi) is 3.78. The lowest BCUT2D eigenvalue weighted by Crippen LogP contribution is -2.27. The highest BCUT2D eigenvalue weighted by Crippen LogP contribution is 2.04. The number of carbonyl (C=O) groups excluding carboxylic acids is 1. The van der Waals surface area contributed by atoms with Crippen molar-refractivity contribution in [2.45, 2.75) is 6.54 Å². The van der Waals surface area contributed by atoms with Crippen LogP contribution in [0.4, 0.5) is 0 Å². The molecular formula is C13H11N5O. The number of amides is 1. The first kappa shape index (κ1) is 12.6. The first-order valence-electron chi connectivity index (χ1n) is 5.57. The monoisotopic (exact) mass is 253 g/mol. The van der Waals surface area contributed by atoms with Gasteiger partial charge >= 0.3 is 0 Å². The first-order valence-corrected chi connectivity index (χ1v) is 5.57. The average molecular weight is 253 g/mol. The molecule has 6 heteroatoms. The van der Waals surface area contributed by atoms with Crippen LogP contribution in [0, 0.1) is 11.3 Å². The van der Waals surface area contributed by atoms with E-state index in [-0.39, 0.29) is 11.7 Å². The summed E-state index contributed by atoms with van der Waals surface area (Å²) in [6.07, 6.45) is 6.04. The Hall–Kier alpha value is -2.81. The van der Waals surface area contributed by atoms with Crippen LogP contribution in [0.25, 0.3) is 0 Å². The lowest BCUT2D eigenvalue weighted by atomic mass is 10.2. The number of hydrogen-bond donors (Lipinski definition) is 0. The van der Waals surface area contributed by atoms with Crippen LogP contribution in [0.1, 0.15) is 21.7 Å². The molecule has 2 aromatic heterocycles. The van der Waals surface area contributed by atoms with Crippen molar-refractivity contribution in [2.75, 3.05) is 7.05 Å². The molecule has 0 N–H and O–H groups in total. The van der Waals surface area contributed by atoms with Gasteiger partial charge in [0, 0.05) is 38.4 Å². The van der Waals surface area contributed by atoms with E-state index in [1.165, 1.54) is 17.3 Å². The molecule has 0 saturated heterocycles. The Morgan fingerprint density at radius 3 is 2.68 bits per heavy atom. The van der Waals surface area contributed by atoms with Gasteiger partial charge < -0.3 is 4.90 Å². The largest absolute Gasteiger partial charge is 0.335 e. The molecular weight excluding hydrogens is 242 g/mol. The predicted molar refractivity (Wildman–Crippen MR) is 66.8 cm³/mol. The van der Waals surface area contributed by atoms with Crippen molar-refractivity contribution in [3.63, 3.8) is 0 Å². The van der Waals surface area contributed by atoms with Crippen molar-refractivity contribution < 1.29 is 4.79 Å². The molecule has 6 nitrogen and oxygen atoms in total.